The molecule has 0 aliphatic rings. The molecule has 2 nitrogen and oxygen atoms in total. The van der Waals surface area contributed by atoms with Gasteiger partial charge in [0, 0.05) is 15.9 Å². The van der Waals surface area contributed by atoms with Crippen molar-refractivity contribution in [3.8, 4) is 5.75 Å². The number of ether oxygens (including phenoxy) is 1. The molecule has 0 saturated carbocycles. The summed E-state index contributed by atoms with van der Waals surface area (Å²) in [6.07, 6.45) is 0. The van der Waals surface area contributed by atoms with Crippen LogP contribution in [0, 0.1) is 6.92 Å². The van der Waals surface area contributed by atoms with Crippen molar-refractivity contribution < 1.29 is 4.74 Å². The lowest BCUT2D eigenvalue weighted by Crippen LogP contribution is -2.02. The summed E-state index contributed by atoms with van der Waals surface area (Å²) in [6, 6.07) is 8.23. The van der Waals surface area contributed by atoms with E-state index in [0.717, 1.165) is 31.8 Å². The number of halogens is 2. The third kappa shape index (κ3) is 3.28. The number of nitrogens with one attached hydrogen (secondary N) is 1. The minimum Gasteiger partial charge on any atom is -0.495 e. The van der Waals surface area contributed by atoms with Crippen molar-refractivity contribution in [3.05, 3.63) is 43.0 Å². The van der Waals surface area contributed by atoms with Gasteiger partial charge in [-0.15, -0.1) is 11.3 Å². The lowest BCUT2D eigenvalue weighted by molar-refractivity contribution is 0.416. The monoisotopic (exact) mass is 389 g/mol. The van der Waals surface area contributed by atoms with Gasteiger partial charge >= 0.3 is 0 Å². The predicted octanol–water partition coefficient (Wildman–Crippen LogP) is 5.20. The standard InChI is InChI=1S/C13H13Br2NOS/c1-8-5-9(14)6-11(17-2)13(8)16-7-10-3-4-12(15)18-10/h3-6,16H,7H2,1-2H3. The average Bonchev–Trinajstić information content (AvgIpc) is 2.73. The maximum absolute atomic E-state index is 5.40. The fourth-order valence-corrected chi connectivity index (χ4v) is 3.70. The highest BCUT2D eigenvalue weighted by atomic mass is 79.9. The molecule has 1 heterocycles. The zero-order chi connectivity index (χ0) is 13.1. The van der Waals surface area contributed by atoms with E-state index in [-0.39, 0.29) is 0 Å². The highest BCUT2D eigenvalue weighted by molar-refractivity contribution is 9.11. The maximum Gasteiger partial charge on any atom is 0.143 e. The average molecular weight is 391 g/mol. The third-order valence-corrected chi connectivity index (χ3v) is 4.63. The van der Waals surface area contributed by atoms with Gasteiger partial charge in [-0.2, -0.15) is 0 Å². The summed E-state index contributed by atoms with van der Waals surface area (Å²) in [5.41, 5.74) is 2.21. The Labute approximate surface area is 128 Å². The number of anilines is 1. The number of benzene rings is 1. The molecule has 96 valence electrons. The topological polar surface area (TPSA) is 21.3 Å². The quantitative estimate of drug-likeness (QED) is 0.774. The van der Waals surface area contributed by atoms with Crippen LogP contribution in [0.3, 0.4) is 0 Å². The second-order valence-electron chi connectivity index (χ2n) is 3.86. The van der Waals surface area contributed by atoms with Gasteiger partial charge in [0.2, 0.25) is 0 Å². The fraction of sp³-hybridized carbons (Fsp3) is 0.231. The number of methoxy groups -OCH3 is 1. The molecule has 0 bridgehead atoms. The third-order valence-electron chi connectivity index (χ3n) is 2.55. The van der Waals surface area contributed by atoms with Crippen LogP contribution in [-0.2, 0) is 6.54 Å². The van der Waals surface area contributed by atoms with Crippen LogP contribution in [-0.4, -0.2) is 7.11 Å². The van der Waals surface area contributed by atoms with Gasteiger partial charge in [-0.05, 0) is 52.7 Å². The normalized spacial score (nSPS) is 10.4. The van der Waals surface area contributed by atoms with E-state index >= 15 is 0 Å². The van der Waals surface area contributed by atoms with Crippen molar-refractivity contribution in [2.45, 2.75) is 13.5 Å². The van der Waals surface area contributed by atoms with Crippen LogP contribution in [0.15, 0.2) is 32.5 Å². The Morgan fingerprint density at radius 3 is 2.67 bits per heavy atom. The molecule has 0 amide bonds. The van der Waals surface area contributed by atoms with Crippen LogP contribution in [0.25, 0.3) is 0 Å². The van der Waals surface area contributed by atoms with Gasteiger partial charge in [-0.25, -0.2) is 0 Å². The van der Waals surface area contributed by atoms with Crippen molar-refractivity contribution >= 4 is 48.9 Å². The fourth-order valence-electron chi connectivity index (χ4n) is 1.72. The lowest BCUT2D eigenvalue weighted by Gasteiger charge is -2.14. The Hall–Kier alpha value is -0.520. The number of hydrogen-bond acceptors (Lipinski definition) is 3. The molecule has 0 saturated heterocycles. The first-order valence-electron chi connectivity index (χ1n) is 5.42. The molecule has 0 spiro atoms. The Kier molecular flexibility index (Phi) is 4.70. The molecule has 0 aliphatic carbocycles. The second-order valence-corrected chi connectivity index (χ2v) is 7.32. The summed E-state index contributed by atoms with van der Waals surface area (Å²) in [5.74, 6) is 0.859. The van der Waals surface area contributed by atoms with Crippen LogP contribution in [0.5, 0.6) is 5.75 Å². The molecule has 0 atom stereocenters. The molecule has 5 heteroatoms. The van der Waals surface area contributed by atoms with Crippen LogP contribution < -0.4 is 10.1 Å². The molecule has 0 unspecified atom stereocenters. The Bertz CT molecular complexity index is 554. The number of rotatable bonds is 4. The largest absolute Gasteiger partial charge is 0.495 e. The summed E-state index contributed by atoms with van der Waals surface area (Å²) in [6.45, 7) is 2.87. The van der Waals surface area contributed by atoms with Gasteiger partial charge in [0.05, 0.1) is 16.6 Å². The summed E-state index contributed by atoms with van der Waals surface area (Å²) in [7, 11) is 1.69. The molecule has 2 aromatic rings. The molecule has 1 aromatic carbocycles. The Balaban J connectivity index is 2.18. The van der Waals surface area contributed by atoms with Crippen molar-refractivity contribution in [2.24, 2.45) is 0 Å². The SMILES string of the molecule is COc1cc(Br)cc(C)c1NCc1ccc(Br)s1. The van der Waals surface area contributed by atoms with E-state index in [4.69, 9.17) is 4.74 Å². The molecule has 0 radical (unpaired) electrons. The van der Waals surface area contributed by atoms with Crippen LogP contribution in [0.1, 0.15) is 10.4 Å². The van der Waals surface area contributed by atoms with Gasteiger partial charge in [-0.1, -0.05) is 15.9 Å². The molecular formula is C13H13Br2NOS. The molecule has 2 rings (SSSR count). The Morgan fingerprint density at radius 1 is 1.28 bits per heavy atom. The van der Waals surface area contributed by atoms with Gasteiger partial charge in [-0.3, -0.25) is 0 Å². The molecule has 0 fully saturated rings. The number of hydrogen-bond donors (Lipinski definition) is 1. The summed E-state index contributed by atoms with van der Waals surface area (Å²) in [5, 5.41) is 3.43. The van der Waals surface area contributed by atoms with Crippen LogP contribution in [0.2, 0.25) is 0 Å². The molecule has 0 aliphatic heterocycles. The van der Waals surface area contributed by atoms with E-state index in [9.17, 15) is 0 Å². The summed E-state index contributed by atoms with van der Waals surface area (Å²) >= 11 is 8.68. The smallest absolute Gasteiger partial charge is 0.143 e. The van der Waals surface area contributed by atoms with Crippen molar-refractivity contribution in [2.75, 3.05) is 12.4 Å². The zero-order valence-electron chi connectivity index (χ0n) is 10.1. The highest BCUT2D eigenvalue weighted by Crippen LogP contribution is 2.33. The van der Waals surface area contributed by atoms with Crippen molar-refractivity contribution in [3.63, 3.8) is 0 Å². The van der Waals surface area contributed by atoms with E-state index in [0.29, 0.717) is 0 Å². The minimum atomic E-state index is 0.801. The van der Waals surface area contributed by atoms with Crippen LogP contribution in [0.4, 0.5) is 5.69 Å². The molecular weight excluding hydrogens is 378 g/mol. The van der Waals surface area contributed by atoms with E-state index < -0.39 is 0 Å². The van der Waals surface area contributed by atoms with Gasteiger partial charge in [0.15, 0.2) is 0 Å². The van der Waals surface area contributed by atoms with E-state index in [1.807, 2.05) is 6.07 Å². The highest BCUT2D eigenvalue weighted by Gasteiger charge is 2.08. The second kappa shape index (κ2) is 6.08. The molecule has 1 aromatic heterocycles. The minimum absolute atomic E-state index is 0.801. The number of aryl methyl sites for hydroxylation is 1. The first-order valence-corrected chi connectivity index (χ1v) is 7.82. The lowest BCUT2D eigenvalue weighted by atomic mass is 10.2. The van der Waals surface area contributed by atoms with Crippen molar-refractivity contribution in [1.82, 2.24) is 0 Å². The first-order chi connectivity index (χ1) is 8.60. The van der Waals surface area contributed by atoms with Gasteiger partial charge in [0.1, 0.15) is 5.75 Å². The van der Waals surface area contributed by atoms with Crippen molar-refractivity contribution in [1.29, 1.82) is 0 Å². The van der Waals surface area contributed by atoms with Gasteiger partial charge in [0.25, 0.3) is 0 Å². The first kappa shape index (κ1) is 13.9. The van der Waals surface area contributed by atoms with E-state index in [1.54, 1.807) is 18.4 Å². The number of thiophene rings is 1. The van der Waals surface area contributed by atoms with E-state index in [1.165, 1.54) is 4.88 Å². The zero-order valence-corrected chi connectivity index (χ0v) is 14.1. The summed E-state index contributed by atoms with van der Waals surface area (Å²) < 4.78 is 7.58. The maximum atomic E-state index is 5.40. The van der Waals surface area contributed by atoms with E-state index in [2.05, 4.69) is 62.3 Å². The molecule has 18 heavy (non-hydrogen) atoms. The Morgan fingerprint density at radius 2 is 2.06 bits per heavy atom. The van der Waals surface area contributed by atoms with Crippen LogP contribution >= 0.6 is 43.2 Å². The molecule has 1 N–H and O–H groups in total. The summed E-state index contributed by atoms with van der Waals surface area (Å²) in [4.78, 5) is 1.28. The van der Waals surface area contributed by atoms with Gasteiger partial charge < -0.3 is 10.1 Å². The predicted molar refractivity (Wildman–Crippen MR) is 84.8 cm³/mol.